The molecule has 17 heavy (non-hydrogen) atoms. The first-order valence-corrected chi connectivity index (χ1v) is 6.30. The Balaban J connectivity index is 1.94. The molecule has 2 N–H and O–H groups in total. The lowest BCUT2D eigenvalue weighted by Crippen LogP contribution is -2.41. The molecule has 0 bridgehead atoms. The van der Waals surface area contributed by atoms with Crippen LogP contribution in [0.4, 0.5) is 0 Å². The van der Waals surface area contributed by atoms with E-state index in [1.54, 1.807) is 0 Å². The zero-order valence-electron chi connectivity index (χ0n) is 10.2. The molecule has 4 heteroatoms. The number of aliphatic carboxylic acids is 1. The van der Waals surface area contributed by atoms with Gasteiger partial charge in [0.2, 0.25) is 5.91 Å². The predicted octanol–water partition coefficient (Wildman–Crippen LogP) is 1.86. The van der Waals surface area contributed by atoms with Crippen LogP contribution in [0.2, 0.25) is 0 Å². The molecule has 1 unspecified atom stereocenters. The second-order valence-electron chi connectivity index (χ2n) is 5.16. The molecule has 0 heterocycles. The Bertz CT molecular complexity index is 369. The highest BCUT2D eigenvalue weighted by molar-refractivity contribution is 5.96. The van der Waals surface area contributed by atoms with Gasteiger partial charge in [0.15, 0.2) is 0 Å². The average molecular weight is 237 g/mol. The molecule has 1 fully saturated rings. The minimum Gasteiger partial charge on any atom is -0.480 e. The molecule has 2 rings (SSSR count). The molecule has 0 aromatic carbocycles. The molecule has 0 spiro atoms. The highest BCUT2D eigenvalue weighted by Crippen LogP contribution is 2.33. The number of hydrogen-bond acceptors (Lipinski definition) is 2. The van der Waals surface area contributed by atoms with Crippen molar-refractivity contribution in [2.75, 3.05) is 0 Å². The number of amides is 1. The van der Waals surface area contributed by atoms with Crippen molar-refractivity contribution in [2.45, 2.75) is 51.5 Å². The summed E-state index contributed by atoms with van der Waals surface area (Å²) in [5.41, 5.74) is 1.91. The van der Waals surface area contributed by atoms with Crippen LogP contribution in [0.5, 0.6) is 0 Å². The topological polar surface area (TPSA) is 66.4 Å². The summed E-state index contributed by atoms with van der Waals surface area (Å²) in [5, 5.41) is 11.7. The largest absolute Gasteiger partial charge is 0.480 e. The van der Waals surface area contributed by atoms with Crippen molar-refractivity contribution >= 4 is 11.9 Å². The van der Waals surface area contributed by atoms with Gasteiger partial charge in [-0.1, -0.05) is 18.4 Å². The Hall–Kier alpha value is -1.32. The molecule has 94 valence electrons. The van der Waals surface area contributed by atoms with E-state index in [9.17, 15) is 9.59 Å². The van der Waals surface area contributed by atoms with Gasteiger partial charge in [-0.05, 0) is 38.5 Å². The summed E-state index contributed by atoms with van der Waals surface area (Å²) in [7, 11) is 0. The van der Waals surface area contributed by atoms with Gasteiger partial charge in [0.1, 0.15) is 6.04 Å². The van der Waals surface area contributed by atoms with Crippen LogP contribution < -0.4 is 5.32 Å². The Morgan fingerprint density at radius 1 is 1.41 bits per heavy atom. The van der Waals surface area contributed by atoms with E-state index in [2.05, 4.69) is 5.32 Å². The normalized spacial score (nSPS) is 21.5. The van der Waals surface area contributed by atoms with Crippen LogP contribution >= 0.6 is 0 Å². The Morgan fingerprint density at radius 2 is 2.12 bits per heavy atom. The number of allylic oxidation sites excluding steroid dienone is 1. The van der Waals surface area contributed by atoms with Crippen LogP contribution in [-0.4, -0.2) is 23.0 Å². The smallest absolute Gasteiger partial charge is 0.326 e. The van der Waals surface area contributed by atoms with Crippen LogP contribution in [0.15, 0.2) is 11.1 Å². The minimum absolute atomic E-state index is 0.173. The molecule has 0 aromatic rings. The first-order valence-electron chi connectivity index (χ1n) is 6.30. The zero-order chi connectivity index (χ0) is 12.4. The molecule has 2 aliphatic rings. The summed E-state index contributed by atoms with van der Waals surface area (Å²) in [4.78, 5) is 23.0. The maximum Gasteiger partial charge on any atom is 0.326 e. The van der Waals surface area contributed by atoms with Gasteiger partial charge in [0, 0.05) is 5.57 Å². The van der Waals surface area contributed by atoms with Gasteiger partial charge in [-0.3, -0.25) is 4.79 Å². The summed E-state index contributed by atoms with van der Waals surface area (Å²) in [6, 6.07) is -0.712. The number of carbonyl (C=O) groups excluding carboxylic acids is 1. The quantitative estimate of drug-likeness (QED) is 0.767. The SMILES string of the molecule is CC1=C(C(=O)NC(CC2CC2)C(=O)O)CCC1. The van der Waals surface area contributed by atoms with Crippen LogP contribution in [0.25, 0.3) is 0 Å². The fourth-order valence-corrected chi connectivity index (χ4v) is 2.36. The van der Waals surface area contributed by atoms with E-state index in [-0.39, 0.29) is 5.91 Å². The molecule has 0 aliphatic heterocycles. The summed E-state index contributed by atoms with van der Waals surface area (Å²) < 4.78 is 0. The molecule has 1 atom stereocenters. The fourth-order valence-electron chi connectivity index (χ4n) is 2.36. The summed E-state index contributed by atoms with van der Waals surface area (Å²) in [6.45, 7) is 1.96. The first-order chi connectivity index (χ1) is 8.08. The number of carbonyl (C=O) groups is 2. The van der Waals surface area contributed by atoms with Crippen molar-refractivity contribution in [1.29, 1.82) is 0 Å². The third kappa shape index (κ3) is 3.08. The standard InChI is InChI=1S/C13H19NO3/c1-8-3-2-4-10(8)12(15)14-11(13(16)17)7-9-5-6-9/h9,11H,2-7H2,1H3,(H,14,15)(H,16,17). The van der Waals surface area contributed by atoms with E-state index in [4.69, 9.17) is 5.11 Å². The van der Waals surface area contributed by atoms with E-state index < -0.39 is 12.0 Å². The molecular formula is C13H19NO3. The Kier molecular flexibility index (Phi) is 3.50. The number of nitrogens with one attached hydrogen (secondary N) is 1. The summed E-state index contributed by atoms with van der Waals surface area (Å²) >= 11 is 0. The summed E-state index contributed by atoms with van der Waals surface area (Å²) in [5.74, 6) is -0.593. The monoisotopic (exact) mass is 237 g/mol. The van der Waals surface area contributed by atoms with E-state index >= 15 is 0 Å². The van der Waals surface area contributed by atoms with Crippen LogP contribution in [-0.2, 0) is 9.59 Å². The molecule has 0 aromatic heterocycles. The molecule has 2 aliphatic carbocycles. The molecule has 1 saturated carbocycles. The molecule has 0 radical (unpaired) electrons. The lowest BCUT2D eigenvalue weighted by atomic mass is 10.1. The maximum absolute atomic E-state index is 11.9. The number of carboxylic acids is 1. The van der Waals surface area contributed by atoms with Gasteiger partial charge in [-0.15, -0.1) is 0 Å². The third-order valence-corrected chi connectivity index (χ3v) is 3.64. The fraction of sp³-hybridized carbons (Fsp3) is 0.692. The van der Waals surface area contributed by atoms with Crippen molar-refractivity contribution in [1.82, 2.24) is 5.32 Å². The second kappa shape index (κ2) is 4.90. The molecule has 1 amide bonds. The molecular weight excluding hydrogens is 218 g/mol. The van der Waals surface area contributed by atoms with Gasteiger partial charge >= 0.3 is 5.97 Å². The lowest BCUT2D eigenvalue weighted by molar-refractivity contribution is -0.141. The van der Waals surface area contributed by atoms with Crippen molar-refractivity contribution in [3.05, 3.63) is 11.1 Å². The van der Waals surface area contributed by atoms with Crippen molar-refractivity contribution in [2.24, 2.45) is 5.92 Å². The van der Waals surface area contributed by atoms with Crippen LogP contribution in [0.1, 0.15) is 45.4 Å². The zero-order valence-corrected chi connectivity index (χ0v) is 10.2. The molecule has 4 nitrogen and oxygen atoms in total. The van der Waals surface area contributed by atoms with E-state index in [0.717, 1.165) is 43.3 Å². The minimum atomic E-state index is -0.915. The van der Waals surface area contributed by atoms with E-state index in [0.29, 0.717) is 12.3 Å². The maximum atomic E-state index is 11.9. The van der Waals surface area contributed by atoms with Crippen LogP contribution in [0, 0.1) is 5.92 Å². The Labute approximate surface area is 101 Å². The lowest BCUT2D eigenvalue weighted by Gasteiger charge is -2.15. The highest BCUT2D eigenvalue weighted by Gasteiger charge is 2.31. The average Bonchev–Trinajstić information content (AvgIpc) is 2.97. The summed E-state index contributed by atoms with van der Waals surface area (Å²) in [6.07, 6.45) is 5.53. The van der Waals surface area contributed by atoms with Gasteiger partial charge in [0.05, 0.1) is 0 Å². The van der Waals surface area contributed by atoms with E-state index in [1.165, 1.54) is 0 Å². The number of rotatable bonds is 5. The molecule has 0 saturated heterocycles. The van der Waals surface area contributed by atoms with Gasteiger partial charge < -0.3 is 10.4 Å². The van der Waals surface area contributed by atoms with Gasteiger partial charge in [-0.25, -0.2) is 4.79 Å². The third-order valence-electron chi connectivity index (χ3n) is 3.64. The first kappa shape index (κ1) is 12.1. The Morgan fingerprint density at radius 3 is 2.59 bits per heavy atom. The van der Waals surface area contributed by atoms with Crippen molar-refractivity contribution in [3.63, 3.8) is 0 Å². The van der Waals surface area contributed by atoms with Crippen LogP contribution in [0.3, 0.4) is 0 Å². The van der Waals surface area contributed by atoms with Gasteiger partial charge in [0.25, 0.3) is 0 Å². The van der Waals surface area contributed by atoms with Crippen molar-refractivity contribution in [3.8, 4) is 0 Å². The van der Waals surface area contributed by atoms with Crippen molar-refractivity contribution < 1.29 is 14.7 Å². The van der Waals surface area contributed by atoms with E-state index in [1.807, 2.05) is 6.92 Å². The number of hydrogen-bond donors (Lipinski definition) is 2. The predicted molar refractivity (Wildman–Crippen MR) is 63.5 cm³/mol. The van der Waals surface area contributed by atoms with Gasteiger partial charge in [-0.2, -0.15) is 0 Å². The highest BCUT2D eigenvalue weighted by atomic mass is 16.4. The number of carboxylic acid groups (broad SMARTS) is 1. The second-order valence-corrected chi connectivity index (χ2v) is 5.16.